The van der Waals surface area contributed by atoms with Crippen LogP contribution in [0.15, 0.2) is 16.9 Å². The maximum absolute atomic E-state index is 4.87. The fourth-order valence-corrected chi connectivity index (χ4v) is 2.56. The molecule has 0 bridgehead atoms. The van der Waals surface area contributed by atoms with E-state index in [1.165, 1.54) is 12.8 Å². The minimum atomic E-state index is 0.684. The Balaban J connectivity index is 1.78. The molecule has 0 radical (unpaired) electrons. The third-order valence-corrected chi connectivity index (χ3v) is 3.52. The van der Waals surface area contributed by atoms with Gasteiger partial charge < -0.3 is 9.84 Å². The van der Waals surface area contributed by atoms with Crippen molar-refractivity contribution in [3.8, 4) is 0 Å². The summed E-state index contributed by atoms with van der Waals surface area (Å²) < 4.78 is 4.87. The van der Waals surface area contributed by atoms with Gasteiger partial charge in [-0.2, -0.15) is 0 Å². The first-order chi connectivity index (χ1) is 8.29. The van der Waals surface area contributed by atoms with Gasteiger partial charge in [0.25, 0.3) is 0 Å². The summed E-state index contributed by atoms with van der Waals surface area (Å²) in [5.41, 5.74) is 1.04. The number of likely N-dealkylation sites (tertiary alicyclic amines) is 1. The van der Waals surface area contributed by atoms with Gasteiger partial charge in [-0.25, -0.2) is 0 Å². The Bertz CT molecular complexity index is 312. The van der Waals surface area contributed by atoms with Crippen LogP contribution < -0.4 is 5.32 Å². The van der Waals surface area contributed by atoms with Gasteiger partial charge in [-0.05, 0) is 25.3 Å². The maximum atomic E-state index is 4.87. The van der Waals surface area contributed by atoms with Crippen LogP contribution in [0.4, 0.5) is 0 Å². The van der Waals surface area contributed by atoms with E-state index in [0.29, 0.717) is 12.0 Å². The summed E-state index contributed by atoms with van der Waals surface area (Å²) >= 11 is 0. The molecule has 1 aromatic heterocycles. The molecule has 1 aliphatic rings. The first-order valence-electron chi connectivity index (χ1n) is 6.64. The maximum Gasteiger partial charge on any atom is 0.124 e. The van der Waals surface area contributed by atoms with E-state index in [0.717, 1.165) is 31.9 Å². The van der Waals surface area contributed by atoms with Crippen LogP contribution in [0, 0.1) is 5.92 Å². The molecule has 4 nitrogen and oxygen atoms in total. The molecule has 1 aliphatic heterocycles. The monoisotopic (exact) mass is 237 g/mol. The Morgan fingerprint density at radius 2 is 2.47 bits per heavy atom. The van der Waals surface area contributed by atoms with Gasteiger partial charge >= 0.3 is 0 Å². The van der Waals surface area contributed by atoms with Crippen molar-refractivity contribution in [2.24, 2.45) is 5.92 Å². The Labute approximate surface area is 103 Å². The average molecular weight is 237 g/mol. The fourth-order valence-electron chi connectivity index (χ4n) is 2.56. The van der Waals surface area contributed by atoms with Gasteiger partial charge in [0.15, 0.2) is 0 Å². The van der Waals surface area contributed by atoms with Gasteiger partial charge in [0, 0.05) is 31.7 Å². The SMILES string of the molecule is CCCNC1CCN(Cc2ccon2)CC1C. The van der Waals surface area contributed by atoms with Crippen LogP contribution in [0.3, 0.4) is 0 Å². The van der Waals surface area contributed by atoms with E-state index in [1.807, 2.05) is 6.07 Å². The number of aromatic nitrogens is 1. The van der Waals surface area contributed by atoms with Crippen molar-refractivity contribution in [3.63, 3.8) is 0 Å². The molecular weight excluding hydrogens is 214 g/mol. The molecule has 2 heterocycles. The fraction of sp³-hybridized carbons (Fsp3) is 0.769. The smallest absolute Gasteiger partial charge is 0.124 e. The lowest BCUT2D eigenvalue weighted by Crippen LogP contribution is -2.48. The molecule has 96 valence electrons. The van der Waals surface area contributed by atoms with Crippen LogP contribution in [0.5, 0.6) is 0 Å². The predicted molar refractivity (Wildman–Crippen MR) is 67.6 cm³/mol. The molecule has 0 aromatic carbocycles. The molecular formula is C13H23N3O. The summed E-state index contributed by atoms with van der Waals surface area (Å²) in [5.74, 6) is 0.710. The molecule has 1 fully saturated rings. The van der Waals surface area contributed by atoms with Gasteiger partial charge in [0.1, 0.15) is 6.26 Å². The van der Waals surface area contributed by atoms with E-state index in [4.69, 9.17) is 4.52 Å². The molecule has 4 heteroatoms. The van der Waals surface area contributed by atoms with Crippen LogP contribution >= 0.6 is 0 Å². The third-order valence-electron chi connectivity index (χ3n) is 3.52. The van der Waals surface area contributed by atoms with Crippen molar-refractivity contribution in [3.05, 3.63) is 18.0 Å². The summed E-state index contributed by atoms with van der Waals surface area (Å²) in [5, 5.41) is 7.61. The molecule has 0 amide bonds. The van der Waals surface area contributed by atoms with E-state index >= 15 is 0 Å². The number of hydrogen-bond acceptors (Lipinski definition) is 4. The van der Waals surface area contributed by atoms with Crippen molar-refractivity contribution in [1.82, 2.24) is 15.4 Å². The van der Waals surface area contributed by atoms with Gasteiger partial charge in [0.2, 0.25) is 0 Å². The second-order valence-corrected chi connectivity index (χ2v) is 5.05. The van der Waals surface area contributed by atoms with Gasteiger partial charge in [0.05, 0.1) is 5.69 Å². The normalized spacial score (nSPS) is 26.2. The summed E-state index contributed by atoms with van der Waals surface area (Å²) in [6.45, 7) is 8.91. The lowest BCUT2D eigenvalue weighted by atomic mass is 9.93. The van der Waals surface area contributed by atoms with Crippen LogP contribution in [-0.2, 0) is 6.54 Å². The van der Waals surface area contributed by atoms with Gasteiger partial charge in [-0.15, -0.1) is 0 Å². The van der Waals surface area contributed by atoms with Crippen molar-refractivity contribution in [2.75, 3.05) is 19.6 Å². The molecule has 1 aromatic rings. The second kappa shape index (κ2) is 6.17. The zero-order valence-electron chi connectivity index (χ0n) is 10.9. The molecule has 17 heavy (non-hydrogen) atoms. The van der Waals surface area contributed by atoms with E-state index in [-0.39, 0.29) is 0 Å². The minimum Gasteiger partial charge on any atom is -0.364 e. The number of piperidine rings is 1. The second-order valence-electron chi connectivity index (χ2n) is 5.05. The van der Waals surface area contributed by atoms with Gasteiger partial charge in [-0.3, -0.25) is 4.90 Å². The Hall–Kier alpha value is -0.870. The lowest BCUT2D eigenvalue weighted by Gasteiger charge is -2.37. The van der Waals surface area contributed by atoms with Crippen LogP contribution in [0.25, 0.3) is 0 Å². The summed E-state index contributed by atoms with van der Waals surface area (Å²) in [7, 11) is 0. The number of nitrogens with zero attached hydrogens (tertiary/aromatic N) is 2. The highest BCUT2D eigenvalue weighted by molar-refractivity contribution is 4.96. The summed E-state index contributed by atoms with van der Waals surface area (Å²) in [6.07, 6.45) is 4.10. The topological polar surface area (TPSA) is 41.3 Å². The van der Waals surface area contributed by atoms with E-state index < -0.39 is 0 Å². The molecule has 2 atom stereocenters. The molecule has 2 unspecified atom stereocenters. The average Bonchev–Trinajstić information content (AvgIpc) is 2.81. The quantitative estimate of drug-likeness (QED) is 0.849. The van der Waals surface area contributed by atoms with Crippen LogP contribution in [0.1, 0.15) is 32.4 Å². The molecule has 2 rings (SSSR count). The van der Waals surface area contributed by atoms with Crippen molar-refractivity contribution in [2.45, 2.75) is 39.3 Å². The molecule has 1 saturated heterocycles. The molecule has 1 N–H and O–H groups in total. The predicted octanol–water partition coefficient (Wildman–Crippen LogP) is 1.88. The zero-order valence-corrected chi connectivity index (χ0v) is 10.9. The standard InChI is InChI=1S/C13H23N3O/c1-3-6-14-13-4-7-16(9-11(13)2)10-12-5-8-17-15-12/h5,8,11,13-14H,3-4,6-7,9-10H2,1-2H3. The largest absolute Gasteiger partial charge is 0.364 e. The Kier molecular flexibility index (Phi) is 4.57. The van der Waals surface area contributed by atoms with E-state index in [1.54, 1.807) is 6.26 Å². The highest BCUT2D eigenvalue weighted by atomic mass is 16.5. The zero-order chi connectivity index (χ0) is 12.1. The number of nitrogens with one attached hydrogen (secondary N) is 1. The third kappa shape index (κ3) is 3.54. The van der Waals surface area contributed by atoms with Crippen molar-refractivity contribution < 1.29 is 4.52 Å². The van der Waals surface area contributed by atoms with E-state index in [2.05, 4.69) is 29.2 Å². The van der Waals surface area contributed by atoms with Crippen LogP contribution in [-0.4, -0.2) is 35.7 Å². The Morgan fingerprint density at radius 1 is 1.59 bits per heavy atom. The highest BCUT2D eigenvalue weighted by Gasteiger charge is 2.25. The molecule has 0 spiro atoms. The minimum absolute atomic E-state index is 0.684. The summed E-state index contributed by atoms with van der Waals surface area (Å²) in [6, 6.07) is 2.63. The molecule has 0 saturated carbocycles. The van der Waals surface area contributed by atoms with Crippen molar-refractivity contribution in [1.29, 1.82) is 0 Å². The Morgan fingerprint density at radius 3 is 3.12 bits per heavy atom. The summed E-state index contributed by atoms with van der Waals surface area (Å²) in [4.78, 5) is 2.46. The first kappa shape index (κ1) is 12.6. The van der Waals surface area contributed by atoms with Crippen molar-refractivity contribution >= 4 is 0 Å². The first-order valence-corrected chi connectivity index (χ1v) is 6.64. The molecule has 0 aliphatic carbocycles. The number of rotatable bonds is 5. The van der Waals surface area contributed by atoms with E-state index in [9.17, 15) is 0 Å². The van der Waals surface area contributed by atoms with Gasteiger partial charge in [-0.1, -0.05) is 19.0 Å². The van der Waals surface area contributed by atoms with Crippen LogP contribution in [0.2, 0.25) is 0 Å². The lowest BCUT2D eigenvalue weighted by molar-refractivity contribution is 0.138. The number of hydrogen-bond donors (Lipinski definition) is 1. The highest BCUT2D eigenvalue weighted by Crippen LogP contribution is 2.18.